The summed E-state index contributed by atoms with van der Waals surface area (Å²) in [5.41, 5.74) is -0.160. The Balaban J connectivity index is 1.58. The number of amides is 2. The van der Waals surface area contributed by atoms with E-state index >= 15 is 4.79 Å². The maximum absolute atomic E-state index is 15.1. The van der Waals surface area contributed by atoms with E-state index in [-0.39, 0.29) is 24.5 Å². The first-order chi connectivity index (χ1) is 21.1. The van der Waals surface area contributed by atoms with Gasteiger partial charge in [-0.3, -0.25) is 9.59 Å². The van der Waals surface area contributed by atoms with E-state index in [2.05, 4.69) is 15.9 Å². The molecule has 1 aliphatic carbocycles. The number of hydrogen-bond donors (Lipinski definition) is 1. The Morgan fingerprint density at radius 3 is 2.45 bits per heavy atom. The van der Waals surface area contributed by atoms with Crippen molar-refractivity contribution in [3.8, 4) is 11.5 Å². The SMILES string of the molecule is COc1cc([C@H]2C3=CCn4c(=O)n(C)c(=O)n4[C@@H]3C[C@H]3C(=O)N(c4cccc(Cl)c4)C(=O)[C@@]23c2ccccc2)cc(Br)c1O. The third-order valence-electron chi connectivity index (χ3n) is 9.23. The summed E-state index contributed by atoms with van der Waals surface area (Å²) in [6, 6.07) is 18.4. The number of carbonyl (C=O) groups excluding carboxylic acids is 2. The van der Waals surface area contributed by atoms with Gasteiger partial charge in [0.2, 0.25) is 11.8 Å². The van der Waals surface area contributed by atoms with E-state index < -0.39 is 46.5 Å². The van der Waals surface area contributed by atoms with E-state index in [9.17, 15) is 19.5 Å². The Labute approximate surface area is 264 Å². The molecule has 2 aliphatic heterocycles. The lowest BCUT2D eigenvalue weighted by atomic mass is 9.53. The molecule has 12 heteroatoms. The summed E-state index contributed by atoms with van der Waals surface area (Å²) in [5, 5.41) is 11.1. The smallest absolute Gasteiger partial charge is 0.347 e. The largest absolute Gasteiger partial charge is 0.503 e. The molecule has 0 spiro atoms. The number of benzene rings is 3. The van der Waals surface area contributed by atoms with Gasteiger partial charge in [-0.15, -0.1) is 0 Å². The minimum Gasteiger partial charge on any atom is -0.503 e. The molecule has 44 heavy (non-hydrogen) atoms. The Morgan fingerprint density at radius 1 is 1.00 bits per heavy atom. The molecule has 3 aliphatic rings. The molecule has 3 aromatic carbocycles. The number of nitrogens with zero attached hydrogens (tertiary/aromatic N) is 4. The summed E-state index contributed by atoms with van der Waals surface area (Å²) in [6.45, 7) is 0.101. The Kier molecular flexibility index (Phi) is 6.52. The van der Waals surface area contributed by atoms with Crippen molar-refractivity contribution >= 4 is 45.0 Å². The van der Waals surface area contributed by atoms with Gasteiger partial charge in [-0.05, 0) is 69.4 Å². The summed E-state index contributed by atoms with van der Waals surface area (Å²) in [6.07, 6.45) is 1.97. The van der Waals surface area contributed by atoms with Crippen LogP contribution in [0.1, 0.15) is 29.5 Å². The van der Waals surface area contributed by atoms with Crippen LogP contribution in [0.2, 0.25) is 5.02 Å². The Morgan fingerprint density at radius 2 is 1.75 bits per heavy atom. The van der Waals surface area contributed by atoms with Gasteiger partial charge in [-0.25, -0.2) is 28.4 Å². The molecule has 4 aromatic rings. The average Bonchev–Trinajstić information content (AvgIpc) is 3.39. The fourth-order valence-corrected chi connectivity index (χ4v) is 8.05. The standard InChI is InChI=1S/C32H26BrClN4O6/c1-35-30(42)36-12-11-21-24(38(36)31(35)43)16-22-28(40)37(20-10-6-9-19(34)15-20)29(41)32(22,18-7-4-3-5-8-18)26(21)17-13-23(33)27(39)25(14-17)44-2/h3-11,13-15,22,24,26,39H,12,16H2,1-2H3/t22-,24+,26-,32+/m0/s1. The molecule has 4 atom stereocenters. The average molecular weight is 678 g/mol. The summed E-state index contributed by atoms with van der Waals surface area (Å²) in [7, 11) is 2.85. The van der Waals surface area contributed by atoms with Crippen LogP contribution in [0.25, 0.3) is 0 Å². The summed E-state index contributed by atoms with van der Waals surface area (Å²) in [4.78, 5) is 57.4. The van der Waals surface area contributed by atoms with Crippen LogP contribution >= 0.6 is 27.5 Å². The highest BCUT2D eigenvalue weighted by Gasteiger charge is 2.68. The highest BCUT2D eigenvalue weighted by atomic mass is 79.9. The number of phenolic OH excluding ortho intramolecular Hbond substituents is 1. The molecule has 0 radical (unpaired) electrons. The number of fused-ring (bicyclic) bond motifs is 4. The second-order valence-electron chi connectivity index (χ2n) is 11.2. The number of carbonyl (C=O) groups is 2. The quantitative estimate of drug-likeness (QED) is 0.255. The maximum atomic E-state index is 15.1. The molecule has 2 fully saturated rings. The Bertz CT molecular complexity index is 2030. The molecule has 7 rings (SSSR count). The fourth-order valence-electron chi connectivity index (χ4n) is 7.41. The van der Waals surface area contributed by atoms with Gasteiger partial charge in [0, 0.05) is 18.0 Å². The minimum absolute atomic E-state index is 0.0958. The van der Waals surface area contributed by atoms with E-state index in [1.54, 1.807) is 36.4 Å². The number of anilines is 1. The molecule has 10 nitrogen and oxygen atoms in total. The number of aromatic nitrogens is 3. The van der Waals surface area contributed by atoms with Crippen LogP contribution in [0, 0.1) is 5.92 Å². The van der Waals surface area contributed by atoms with E-state index in [4.69, 9.17) is 16.3 Å². The second-order valence-corrected chi connectivity index (χ2v) is 12.5. The van der Waals surface area contributed by atoms with Gasteiger partial charge in [0.05, 0.1) is 41.2 Å². The number of methoxy groups -OCH3 is 1. The highest BCUT2D eigenvalue weighted by Crippen LogP contribution is 2.63. The highest BCUT2D eigenvalue weighted by molar-refractivity contribution is 9.10. The summed E-state index contributed by atoms with van der Waals surface area (Å²) in [5.74, 6) is -2.54. The lowest BCUT2D eigenvalue weighted by Gasteiger charge is -2.49. The van der Waals surface area contributed by atoms with Crippen molar-refractivity contribution in [2.75, 3.05) is 12.0 Å². The lowest BCUT2D eigenvalue weighted by Crippen LogP contribution is -2.53. The summed E-state index contributed by atoms with van der Waals surface area (Å²) < 4.78 is 9.67. The van der Waals surface area contributed by atoms with E-state index in [1.165, 1.54) is 28.4 Å². The van der Waals surface area contributed by atoms with Crippen molar-refractivity contribution in [1.82, 2.24) is 13.9 Å². The van der Waals surface area contributed by atoms with Gasteiger partial charge in [-0.2, -0.15) is 0 Å². The third kappa shape index (κ3) is 3.72. The monoisotopic (exact) mass is 676 g/mol. The number of imide groups is 1. The Hall–Kier alpha value is -4.35. The van der Waals surface area contributed by atoms with E-state index in [0.29, 0.717) is 31.9 Å². The minimum atomic E-state index is -1.45. The molecule has 1 saturated heterocycles. The van der Waals surface area contributed by atoms with Gasteiger partial charge in [0.1, 0.15) is 0 Å². The number of hydrogen-bond acceptors (Lipinski definition) is 6. The van der Waals surface area contributed by atoms with Gasteiger partial charge in [0.15, 0.2) is 11.5 Å². The van der Waals surface area contributed by atoms with Crippen LogP contribution in [0.5, 0.6) is 11.5 Å². The van der Waals surface area contributed by atoms with Crippen molar-refractivity contribution in [1.29, 1.82) is 0 Å². The molecule has 1 N–H and O–H groups in total. The fraction of sp³-hybridized carbons (Fsp3) is 0.250. The first-order valence-corrected chi connectivity index (χ1v) is 15.1. The van der Waals surface area contributed by atoms with Gasteiger partial charge in [-0.1, -0.05) is 54.1 Å². The van der Waals surface area contributed by atoms with Crippen LogP contribution < -0.4 is 21.0 Å². The molecular weight excluding hydrogens is 652 g/mol. The molecule has 1 aromatic heterocycles. The molecule has 1 saturated carbocycles. The third-order valence-corrected chi connectivity index (χ3v) is 10.1. The van der Waals surface area contributed by atoms with Crippen LogP contribution in [0.3, 0.4) is 0 Å². The molecule has 0 bridgehead atoms. The van der Waals surface area contributed by atoms with Gasteiger partial charge >= 0.3 is 11.4 Å². The lowest BCUT2D eigenvalue weighted by molar-refractivity contribution is -0.124. The van der Waals surface area contributed by atoms with Crippen molar-refractivity contribution in [3.63, 3.8) is 0 Å². The number of phenols is 1. The topological polar surface area (TPSA) is 116 Å². The predicted octanol–water partition coefficient (Wildman–Crippen LogP) is 4.27. The molecular formula is C32H26BrClN4O6. The van der Waals surface area contributed by atoms with Gasteiger partial charge < -0.3 is 9.84 Å². The predicted molar refractivity (Wildman–Crippen MR) is 166 cm³/mol. The number of aromatic hydroxyl groups is 1. The van der Waals surface area contributed by atoms with E-state index in [1.807, 2.05) is 36.4 Å². The first-order valence-electron chi connectivity index (χ1n) is 13.9. The number of allylic oxidation sites excluding steroid dienone is 2. The van der Waals surface area contributed by atoms with Crippen LogP contribution in [-0.2, 0) is 28.6 Å². The van der Waals surface area contributed by atoms with Crippen molar-refractivity contribution in [2.45, 2.75) is 30.3 Å². The van der Waals surface area contributed by atoms with Crippen molar-refractivity contribution in [2.24, 2.45) is 13.0 Å². The van der Waals surface area contributed by atoms with Crippen molar-refractivity contribution in [3.05, 3.63) is 120 Å². The number of halogens is 2. The van der Waals surface area contributed by atoms with E-state index in [0.717, 1.165) is 4.57 Å². The molecule has 2 amide bonds. The number of ether oxygens (including phenoxy) is 1. The normalized spacial score (nSPS) is 24.0. The zero-order valence-corrected chi connectivity index (χ0v) is 25.9. The van der Waals surface area contributed by atoms with Crippen LogP contribution in [-0.4, -0.2) is 38.0 Å². The zero-order chi connectivity index (χ0) is 31.1. The second kappa shape index (κ2) is 10.1. The molecule has 0 unspecified atom stereocenters. The van der Waals surface area contributed by atoms with Crippen LogP contribution in [0.15, 0.2) is 92.4 Å². The van der Waals surface area contributed by atoms with Crippen LogP contribution in [0.4, 0.5) is 5.69 Å². The van der Waals surface area contributed by atoms with Gasteiger partial charge in [0.25, 0.3) is 0 Å². The molecule has 224 valence electrons. The zero-order valence-electron chi connectivity index (χ0n) is 23.6. The first kappa shape index (κ1) is 28.4. The summed E-state index contributed by atoms with van der Waals surface area (Å²) >= 11 is 9.77. The maximum Gasteiger partial charge on any atom is 0.347 e. The molecule has 3 heterocycles. The van der Waals surface area contributed by atoms with Crippen molar-refractivity contribution < 1.29 is 19.4 Å². The number of rotatable bonds is 4.